The van der Waals surface area contributed by atoms with Gasteiger partial charge >= 0.3 is 0 Å². The quantitative estimate of drug-likeness (QED) is 0.477. The normalized spacial score (nSPS) is 28.6. The lowest BCUT2D eigenvalue weighted by molar-refractivity contribution is -0.141. The van der Waals surface area contributed by atoms with Crippen LogP contribution in [0.25, 0.3) is 6.08 Å². The first-order valence-electron chi connectivity index (χ1n) is 9.82. The zero-order chi connectivity index (χ0) is 21.3. The second-order valence-corrected chi connectivity index (χ2v) is 9.54. The Bertz CT molecular complexity index is 1110. The maximum absolute atomic E-state index is 13.5. The minimum absolute atomic E-state index is 0.174. The Morgan fingerprint density at radius 1 is 1.37 bits per heavy atom. The van der Waals surface area contributed by atoms with Crippen LogP contribution >= 0.6 is 15.9 Å². The summed E-state index contributed by atoms with van der Waals surface area (Å²) in [6, 6.07) is 5.53. The second-order valence-electron chi connectivity index (χ2n) is 8.62. The zero-order valence-electron chi connectivity index (χ0n) is 16.7. The number of anilines is 1. The smallest absolute Gasteiger partial charge is 0.272 e. The van der Waals surface area contributed by atoms with E-state index in [-0.39, 0.29) is 29.1 Å². The molecule has 3 unspecified atom stereocenters. The van der Waals surface area contributed by atoms with Crippen molar-refractivity contribution >= 4 is 39.5 Å². The van der Waals surface area contributed by atoms with Crippen molar-refractivity contribution in [1.82, 2.24) is 20.2 Å². The third-order valence-electron chi connectivity index (χ3n) is 6.86. The average molecular weight is 468 g/mol. The lowest BCUT2D eigenvalue weighted by Gasteiger charge is -2.43. The van der Waals surface area contributed by atoms with Crippen molar-refractivity contribution in [2.45, 2.75) is 37.9 Å². The van der Waals surface area contributed by atoms with E-state index in [2.05, 4.69) is 63.0 Å². The Kier molecular flexibility index (Phi) is 4.02. The Hall–Kier alpha value is -2.87. The van der Waals surface area contributed by atoms with Crippen LogP contribution in [0.2, 0.25) is 0 Å². The number of halogens is 1. The fraction of sp³-hybridized carbons (Fsp3) is 0.318. The third-order valence-corrected chi connectivity index (χ3v) is 7.35. The number of hydrogen-bond acceptors (Lipinski definition) is 4. The van der Waals surface area contributed by atoms with Gasteiger partial charge in [-0.25, -0.2) is 4.98 Å². The number of benzene rings is 1. The highest BCUT2D eigenvalue weighted by Crippen LogP contribution is 2.60. The van der Waals surface area contributed by atoms with Crippen LogP contribution in [0, 0.1) is 5.41 Å². The van der Waals surface area contributed by atoms with Gasteiger partial charge in [0.15, 0.2) is 0 Å². The van der Waals surface area contributed by atoms with Gasteiger partial charge in [0.1, 0.15) is 17.9 Å². The fourth-order valence-corrected chi connectivity index (χ4v) is 5.53. The SMILES string of the molecule is C=CC(C)(C)C12CC3C(=O)NC(=Cc4cnc[nH]4)C(=O)N3C1Nc1ccc(Br)cc12. The number of nitrogens with zero attached hydrogens (tertiary/aromatic N) is 2. The maximum atomic E-state index is 13.5. The molecule has 0 aliphatic carbocycles. The van der Waals surface area contributed by atoms with Gasteiger partial charge in [-0.3, -0.25) is 9.59 Å². The lowest BCUT2D eigenvalue weighted by Crippen LogP contribution is -2.59. The summed E-state index contributed by atoms with van der Waals surface area (Å²) in [7, 11) is 0. The monoisotopic (exact) mass is 467 g/mol. The van der Waals surface area contributed by atoms with Crippen molar-refractivity contribution in [3.63, 3.8) is 0 Å². The molecule has 2 saturated heterocycles. The predicted molar refractivity (Wildman–Crippen MR) is 117 cm³/mol. The summed E-state index contributed by atoms with van der Waals surface area (Å²) in [5, 5.41) is 6.35. The molecule has 5 rings (SSSR count). The summed E-state index contributed by atoms with van der Waals surface area (Å²) in [4.78, 5) is 35.3. The molecule has 0 radical (unpaired) electrons. The van der Waals surface area contributed by atoms with Gasteiger partial charge in [-0.2, -0.15) is 0 Å². The van der Waals surface area contributed by atoms with Gasteiger partial charge in [0.2, 0.25) is 5.91 Å². The highest BCUT2D eigenvalue weighted by molar-refractivity contribution is 9.10. The molecule has 2 amide bonds. The van der Waals surface area contributed by atoms with E-state index in [1.54, 1.807) is 17.2 Å². The van der Waals surface area contributed by atoms with Crippen LogP contribution in [0.15, 0.2) is 53.5 Å². The molecule has 3 aliphatic heterocycles. The van der Waals surface area contributed by atoms with E-state index in [9.17, 15) is 9.59 Å². The van der Waals surface area contributed by atoms with Crippen LogP contribution in [0.4, 0.5) is 5.69 Å². The number of carbonyl (C=O) groups excluding carboxylic acids is 2. The number of amides is 2. The molecule has 3 N–H and O–H groups in total. The van der Waals surface area contributed by atoms with E-state index in [0.717, 1.165) is 15.7 Å². The zero-order valence-corrected chi connectivity index (χ0v) is 18.3. The summed E-state index contributed by atoms with van der Waals surface area (Å²) in [6.45, 7) is 8.32. The van der Waals surface area contributed by atoms with Crippen molar-refractivity contribution in [3.8, 4) is 0 Å². The average Bonchev–Trinajstić information content (AvgIpc) is 3.40. The molecular weight excluding hydrogens is 446 g/mol. The maximum Gasteiger partial charge on any atom is 0.272 e. The van der Waals surface area contributed by atoms with Gasteiger partial charge in [0.05, 0.1) is 18.2 Å². The van der Waals surface area contributed by atoms with Crippen molar-refractivity contribution in [3.05, 3.63) is 64.8 Å². The molecule has 1 aromatic carbocycles. The molecule has 1 aromatic heterocycles. The number of aromatic amines is 1. The van der Waals surface area contributed by atoms with E-state index in [1.165, 1.54) is 6.33 Å². The Labute approximate surface area is 182 Å². The first kappa shape index (κ1) is 19.1. The van der Waals surface area contributed by atoms with Crippen LogP contribution in [0.1, 0.15) is 31.5 Å². The number of carbonyl (C=O) groups is 2. The van der Waals surface area contributed by atoms with E-state index in [0.29, 0.717) is 12.1 Å². The molecular formula is C22H22BrN5O2. The number of fused-ring (bicyclic) bond motifs is 5. The topological polar surface area (TPSA) is 90.1 Å². The molecule has 30 heavy (non-hydrogen) atoms. The molecule has 154 valence electrons. The first-order chi connectivity index (χ1) is 14.3. The van der Waals surface area contributed by atoms with Crippen molar-refractivity contribution in [1.29, 1.82) is 0 Å². The van der Waals surface area contributed by atoms with E-state index >= 15 is 0 Å². The minimum atomic E-state index is -0.555. The lowest BCUT2D eigenvalue weighted by atomic mass is 9.60. The van der Waals surface area contributed by atoms with Crippen LogP contribution in [0.5, 0.6) is 0 Å². The third kappa shape index (κ3) is 2.40. The molecule has 4 heterocycles. The second kappa shape index (κ2) is 6.31. The first-order valence-corrected chi connectivity index (χ1v) is 10.6. The molecule has 0 saturated carbocycles. The van der Waals surface area contributed by atoms with Crippen molar-refractivity contribution < 1.29 is 9.59 Å². The Morgan fingerprint density at radius 3 is 2.87 bits per heavy atom. The summed E-state index contributed by atoms with van der Waals surface area (Å²) in [5.74, 6) is -0.382. The van der Waals surface area contributed by atoms with Gasteiger partial charge in [0, 0.05) is 15.6 Å². The molecule has 2 fully saturated rings. The van der Waals surface area contributed by atoms with Gasteiger partial charge in [-0.15, -0.1) is 6.58 Å². The number of H-pyrrole nitrogens is 1. The van der Waals surface area contributed by atoms with Crippen LogP contribution in [-0.4, -0.2) is 38.9 Å². The fourth-order valence-electron chi connectivity index (χ4n) is 5.17. The molecule has 0 spiro atoms. The highest BCUT2D eigenvalue weighted by Gasteiger charge is 2.66. The van der Waals surface area contributed by atoms with Crippen molar-refractivity contribution in [2.24, 2.45) is 5.41 Å². The molecule has 3 atom stereocenters. The molecule has 0 bridgehead atoms. The molecule has 8 heteroatoms. The van der Waals surface area contributed by atoms with Gasteiger partial charge < -0.3 is 20.5 Å². The predicted octanol–water partition coefficient (Wildman–Crippen LogP) is 3.15. The number of nitrogens with one attached hydrogen (secondary N) is 3. The number of allylic oxidation sites excluding steroid dienone is 1. The van der Waals surface area contributed by atoms with E-state index in [4.69, 9.17) is 0 Å². The van der Waals surface area contributed by atoms with Crippen LogP contribution < -0.4 is 10.6 Å². The number of hydrogen-bond donors (Lipinski definition) is 3. The highest BCUT2D eigenvalue weighted by atomic mass is 79.9. The van der Waals surface area contributed by atoms with Crippen molar-refractivity contribution in [2.75, 3.05) is 5.32 Å². The van der Waals surface area contributed by atoms with E-state index in [1.807, 2.05) is 18.2 Å². The van der Waals surface area contributed by atoms with E-state index < -0.39 is 11.5 Å². The molecule has 2 aromatic rings. The summed E-state index contributed by atoms with van der Waals surface area (Å²) in [5.41, 5.74) is 2.11. The molecule has 3 aliphatic rings. The summed E-state index contributed by atoms with van der Waals surface area (Å²) >= 11 is 3.59. The minimum Gasteiger partial charge on any atom is -0.364 e. The number of aromatic nitrogens is 2. The van der Waals surface area contributed by atoms with Gasteiger partial charge in [0.25, 0.3) is 5.91 Å². The molecule has 7 nitrogen and oxygen atoms in total. The standard InChI is InChI=1S/C22H22BrN5O2/c1-4-21(2,3)22-9-17-18(29)26-16(8-13-10-24-11-25-13)19(30)28(17)20(22)27-15-6-5-12(23)7-14(15)22/h4-8,10-11,17,20,27H,1,9H2,2-3H3,(H,24,25)(H,26,29). The van der Waals surface area contributed by atoms with Crippen LogP contribution in [0.3, 0.4) is 0 Å². The number of imidazole rings is 1. The summed E-state index contributed by atoms with van der Waals surface area (Å²) in [6.07, 6.45) is 6.85. The Morgan fingerprint density at radius 2 is 2.17 bits per heavy atom. The van der Waals surface area contributed by atoms with Gasteiger partial charge in [-0.1, -0.05) is 35.9 Å². The van der Waals surface area contributed by atoms with Gasteiger partial charge in [-0.05, 0) is 41.7 Å². The Balaban J connectivity index is 1.66. The van der Waals surface area contributed by atoms with Crippen LogP contribution in [-0.2, 0) is 15.0 Å². The summed E-state index contributed by atoms with van der Waals surface area (Å²) < 4.78 is 0.961. The number of piperazine rings is 1. The largest absolute Gasteiger partial charge is 0.364 e. The number of rotatable bonds is 3.